The number of hydroxylamine groups is 1. The molecule has 0 fully saturated rings. The van der Waals surface area contributed by atoms with Crippen molar-refractivity contribution in [1.82, 2.24) is 15.4 Å². The van der Waals surface area contributed by atoms with Crippen molar-refractivity contribution in [2.45, 2.75) is 38.5 Å². The average Bonchev–Trinajstić information content (AvgIpc) is 2.94. The third-order valence-electron chi connectivity index (χ3n) is 5.66. The molecule has 40 heavy (non-hydrogen) atoms. The minimum absolute atomic E-state index is 0. The summed E-state index contributed by atoms with van der Waals surface area (Å²) in [5, 5.41) is 17.7. The number of anilines is 6. The number of nitrogens with zero attached hydrogens (tertiary/aromatic N) is 2. The van der Waals surface area contributed by atoms with E-state index in [2.05, 4.69) is 32.5 Å². The van der Waals surface area contributed by atoms with E-state index in [0.29, 0.717) is 47.7 Å². The number of benzene rings is 2. The highest BCUT2D eigenvalue weighted by Crippen LogP contribution is 2.30. The number of unbranched alkanes of at least 4 members (excludes halogenated alkanes) is 3. The molecule has 1 aromatic heterocycles. The van der Waals surface area contributed by atoms with E-state index >= 15 is 0 Å². The van der Waals surface area contributed by atoms with Crippen LogP contribution in [0, 0.1) is 0 Å². The molecule has 0 radical (unpaired) electrons. The second-order valence-electron chi connectivity index (χ2n) is 8.55. The number of para-hydroxylation sites is 1. The Morgan fingerprint density at radius 3 is 2.25 bits per heavy atom. The first-order valence-electron chi connectivity index (χ1n) is 12.3. The van der Waals surface area contributed by atoms with Crippen LogP contribution in [-0.4, -0.2) is 32.8 Å². The normalized spacial score (nSPS) is 10.2. The van der Waals surface area contributed by atoms with Crippen molar-refractivity contribution in [3.05, 3.63) is 71.9 Å². The van der Waals surface area contributed by atoms with Gasteiger partial charge in [-0.1, -0.05) is 37.1 Å². The molecule has 0 atom stereocenters. The smallest absolute Gasteiger partial charge is 0.243 e. The summed E-state index contributed by atoms with van der Waals surface area (Å²) < 4.78 is 0. The van der Waals surface area contributed by atoms with Crippen LogP contribution in [0.5, 0.6) is 0 Å². The number of hydrogen-bond acceptors (Lipinski definition) is 9. The Hall–Kier alpha value is -4.19. The van der Waals surface area contributed by atoms with Crippen LogP contribution < -0.4 is 27.2 Å². The molecule has 0 bridgehead atoms. The Morgan fingerprint density at radius 2 is 1.60 bits per heavy atom. The Balaban J connectivity index is 0.00000560. The van der Waals surface area contributed by atoms with Crippen molar-refractivity contribution < 1.29 is 19.6 Å². The highest BCUT2D eigenvalue weighted by Gasteiger charge is 2.13. The summed E-state index contributed by atoms with van der Waals surface area (Å²) in [5.41, 5.74) is 10.1. The van der Waals surface area contributed by atoms with Gasteiger partial charge in [-0.2, -0.15) is 4.98 Å². The maximum atomic E-state index is 12.2. The number of carbonyl (C=O) groups is 3. The minimum atomic E-state index is -0.403. The van der Waals surface area contributed by atoms with Gasteiger partial charge in [-0.05, 0) is 55.3 Å². The van der Waals surface area contributed by atoms with E-state index in [4.69, 9.17) is 22.5 Å². The molecule has 11 nitrogen and oxygen atoms in total. The first-order chi connectivity index (χ1) is 18.8. The number of rotatable bonds is 14. The number of halogens is 2. The summed E-state index contributed by atoms with van der Waals surface area (Å²) >= 11 is 6.28. The van der Waals surface area contributed by atoms with Crippen molar-refractivity contribution in [3.8, 4) is 0 Å². The van der Waals surface area contributed by atoms with E-state index in [1.807, 2.05) is 0 Å². The summed E-state index contributed by atoms with van der Waals surface area (Å²) in [6, 6.07) is 12.1. The Kier molecular flexibility index (Phi) is 12.8. The third-order valence-corrected chi connectivity index (χ3v) is 5.94. The fourth-order valence-corrected chi connectivity index (χ4v) is 3.75. The zero-order valence-corrected chi connectivity index (χ0v) is 23.1. The van der Waals surface area contributed by atoms with Gasteiger partial charge >= 0.3 is 0 Å². The standard InChI is InChI=1S/C27H30ClN7O4.ClH/c1-2-22(36)19-8-7-9-21(25(19)29)33-26-20(28)16-30-27(34-26)32-18-14-12-17(13-15-18)31-23(37)10-5-3-4-6-11-24(38)35-39;/h2,7-9,12-16,39H,1,3-6,10-11,29H2,(H,31,37)(H,35,38)(H2,30,32,33,34);1H. The number of nitrogens with one attached hydrogen (secondary N) is 4. The molecule has 1 heterocycles. The number of amides is 2. The maximum Gasteiger partial charge on any atom is 0.243 e. The third kappa shape index (κ3) is 9.53. The van der Waals surface area contributed by atoms with E-state index < -0.39 is 5.91 Å². The van der Waals surface area contributed by atoms with E-state index in [-0.39, 0.29) is 47.2 Å². The van der Waals surface area contributed by atoms with E-state index in [1.54, 1.807) is 47.9 Å². The molecule has 0 spiro atoms. The number of aromatic nitrogens is 2. The summed E-state index contributed by atoms with van der Waals surface area (Å²) in [6.07, 6.45) is 6.26. The predicted molar refractivity (Wildman–Crippen MR) is 159 cm³/mol. The number of nitrogens with two attached hydrogens (primary N) is 1. The molecule has 13 heteroatoms. The molecule has 212 valence electrons. The van der Waals surface area contributed by atoms with Crippen LogP contribution in [0.1, 0.15) is 48.9 Å². The monoisotopic (exact) mass is 587 g/mol. The lowest BCUT2D eigenvalue weighted by molar-refractivity contribution is -0.129. The van der Waals surface area contributed by atoms with Gasteiger partial charge in [0.05, 0.1) is 17.6 Å². The molecule has 0 aliphatic carbocycles. The van der Waals surface area contributed by atoms with Gasteiger partial charge < -0.3 is 21.7 Å². The first-order valence-corrected chi connectivity index (χ1v) is 12.6. The summed E-state index contributed by atoms with van der Waals surface area (Å²) in [7, 11) is 0. The van der Waals surface area contributed by atoms with Gasteiger partial charge in [0.25, 0.3) is 0 Å². The molecule has 0 saturated carbocycles. The van der Waals surface area contributed by atoms with Crippen molar-refractivity contribution >= 4 is 76.1 Å². The molecular formula is C27H31Cl2N7O4. The largest absolute Gasteiger partial charge is 0.396 e. The first kappa shape index (κ1) is 32.0. The van der Waals surface area contributed by atoms with Crippen molar-refractivity contribution in [3.63, 3.8) is 0 Å². The zero-order chi connectivity index (χ0) is 28.2. The van der Waals surface area contributed by atoms with Crippen molar-refractivity contribution in [1.29, 1.82) is 0 Å². The van der Waals surface area contributed by atoms with Crippen LogP contribution in [0.3, 0.4) is 0 Å². The predicted octanol–water partition coefficient (Wildman–Crippen LogP) is 5.77. The molecule has 2 amide bonds. The van der Waals surface area contributed by atoms with Gasteiger partial charge in [-0.3, -0.25) is 19.6 Å². The highest BCUT2D eigenvalue weighted by molar-refractivity contribution is 6.33. The van der Waals surface area contributed by atoms with Crippen LogP contribution in [0.4, 0.5) is 34.5 Å². The minimum Gasteiger partial charge on any atom is -0.396 e. The summed E-state index contributed by atoms with van der Waals surface area (Å²) in [4.78, 5) is 43.8. The molecule has 3 rings (SSSR count). The van der Waals surface area contributed by atoms with E-state index in [9.17, 15) is 14.4 Å². The van der Waals surface area contributed by atoms with Crippen LogP contribution in [0.25, 0.3) is 0 Å². The molecule has 0 saturated heterocycles. The molecule has 3 aromatic rings. The fraction of sp³-hybridized carbons (Fsp3) is 0.222. The number of ketones is 1. The second-order valence-corrected chi connectivity index (χ2v) is 8.96. The van der Waals surface area contributed by atoms with Crippen molar-refractivity contribution in [2.24, 2.45) is 0 Å². The van der Waals surface area contributed by atoms with E-state index in [1.165, 1.54) is 12.3 Å². The lowest BCUT2D eigenvalue weighted by Gasteiger charge is -2.13. The Labute approximate surface area is 243 Å². The van der Waals surface area contributed by atoms with Gasteiger partial charge in [0.1, 0.15) is 5.02 Å². The van der Waals surface area contributed by atoms with Crippen LogP contribution in [0.15, 0.2) is 61.3 Å². The lowest BCUT2D eigenvalue weighted by Crippen LogP contribution is -2.17. The second kappa shape index (κ2) is 16.0. The molecule has 0 unspecified atom stereocenters. The zero-order valence-electron chi connectivity index (χ0n) is 21.6. The van der Waals surface area contributed by atoms with Gasteiger partial charge in [0.15, 0.2) is 11.6 Å². The number of nitrogen functional groups attached to an aromatic ring is 1. The van der Waals surface area contributed by atoms with Crippen LogP contribution in [0.2, 0.25) is 5.02 Å². The topological polar surface area (TPSA) is 171 Å². The van der Waals surface area contributed by atoms with Gasteiger partial charge in [0.2, 0.25) is 17.8 Å². The molecular weight excluding hydrogens is 557 g/mol. The lowest BCUT2D eigenvalue weighted by atomic mass is 10.1. The Bertz CT molecular complexity index is 1340. The molecule has 0 aliphatic heterocycles. The Morgan fingerprint density at radius 1 is 0.950 bits per heavy atom. The van der Waals surface area contributed by atoms with E-state index in [0.717, 1.165) is 12.8 Å². The average molecular weight is 588 g/mol. The van der Waals surface area contributed by atoms with Gasteiger partial charge in [-0.25, -0.2) is 10.5 Å². The quantitative estimate of drug-likeness (QED) is 0.0341. The van der Waals surface area contributed by atoms with Crippen LogP contribution in [-0.2, 0) is 9.59 Å². The van der Waals surface area contributed by atoms with Gasteiger partial charge in [0, 0.05) is 29.8 Å². The number of allylic oxidation sites excluding steroid dienone is 1. The molecule has 0 aliphatic rings. The number of carbonyl (C=O) groups excluding carboxylic acids is 3. The molecule has 7 N–H and O–H groups in total. The fourth-order valence-electron chi connectivity index (χ4n) is 3.61. The number of hydrogen-bond donors (Lipinski definition) is 6. The summed E-state index contributed by atoms with van der Waals surface area (Å²) in [6.45, 7) is 3.49. The van der Waals surface area contributed by atoms with Gasteiger partial charge in [-0.15, -0.1) is 12.4 Å². The molecule has 2 aromatic carbocycles. The highest BCUT2D eigenvalue weighted by atomic mass is 35.5. The summed E-state index contributed by atoms with van der Waals surface area (Å²) in [5.74, 6) is -0.233. The van der Waals surface area contributed by atoms with Crippen molar-refractivity contribution in [2.75, 3.05) is 21.7 Å². The SMILES string of the molecule is C=CC(=O)c1cccc(Nc2nc(Nc3ccc(NC(=O)CCCCCCC(=O)NO)cc3)ncc2Cl)c1N.Cl. The maximum absolute atomic E-state index is 12.2. The van der Waals surface area contributed by atoms with Crippen LogP contribution >= 0.6 is 24.0 Å².